The maximum Gasteiger partial charge on any atom is 0.259 e. The number of aromatic amines is 1. The van der Waals surface area contributed by atoms with Crippen molar-refractivity contribution in [2.24, 2.45) is 0 Å². The van der Waals surface area contributed by atoms with E-state index in [4.69, 9.17) is 0 Å². The van der Waals surface area contributed by atoms with Gasteiger partial charge in [-0.15, -0.1) is 23.1 Å². The summed E-state index contributed by atoms with van der Waals surface area (Å²) in [7, 11) is 1.66. The molecule has 0 unspecified atom stereocenters. The smallest absolute Gasteiger partial charge is 0.259 e. The zero-order valence-electron chi connectivity index (χ0n) is 16.2. The molecule has 4 rings (SSSR count). The fourth-order valence-electron chi connectivity index (χ4n) is 3.59. The number of aryl methyl sites for hydroxylation is 2. The van der Waals surface area contributed by atoms with E-state index < -0.39 is 0 Å². The third-order valence-corrected chi connectivity index (χ3v) is 7.24. The van der Waals surface area contributed by atoms with Crippen molar-refractivity contribution < 1.29 is 9.18 Å². The highest BCUT2D eigenvalue weighted by Crippen LogP contribution is 2.33. The van der Waals surface area contributed by atoms with Crippen molar-refractivity contribution in [2.75, 3.05) is 12.8 Å². The van der Waals surface area contributed by atoms with Crippen LogP contribution >= 0.6 is 23.1 Å². The number of fused-ring (bicyclic) bond motifs is 3. The molecular weight excluding hydrogens is 409 g/mol. The summed E-state index contributed by atoms with van der Waals surface area (Å²) < 4.78 is 13.8. The molecule has 29 heavy (non-hydrogen) atoms. The van der Waals surface area contributed by atoms with Gasteiger partial charge < -0.3 is 9.88 Å². The van der Waals surface area contributed by atoms with E-state index in [0.29, 0.717) is 17.1 Å². The van der Waals surface area contributed by atoms with Gasteiger partial charge in [-0.3, -0.25) is 9.59 Å². The molecule has 0 fully saturated rings. The van der Waals surface area contributed by atoms with Gasteiger partial charge in [0.15, 0.2) is 0 Å². The van der Waals surface area contributed by atoms with Crippen molar-refractivity contribution in [2.45, 2.75) is 38.0 Å². The molecule has 0 radical (unpaired) electrons. The monoisotopic (exact) mass is 431 g/mol. The van der Waals surface area contributed by atoms with Gasteiger partial charge in [0.1, 0.15) is 16.5 Å². The summed E-state index contributed by atoms with van der Waals surface area (Å²) >= 11 is 3.02. The van der Waals surface area contributed by atoms with E-state index >= 15 is 0 Å². The largest absolute Gasteiger partial charge is 0.341 e. The maximum absolute atomic E-state index is 13.8. The molecule has 0 bridgehead atoms. The van der Waals surface area contributed by atoms with Crippen LogP contribution in [0.3, 0.4) is 0 Å². The number of thiophene rings is 1. The van der Waals surface area contributed by atoms with Gasteiger partial charge in [-0.25, -0.2) is 9.37 Å². The third kappa shape index (κ3) is 4.38. The number of rotatable bonds is 6. The van der Waals surface area contributed by atoms with E-state index in [1.165, 1.54) is 39.6 Å². The number of carbonyl (C=O) groups is 1. The fraction of sp³-hybridized carbons (Fsp3) is 0.381. The number of aromatic nitrogens is 2. The Hall–Kier alpha value is -2.19. The van der Waals surface area contributed by atoms with Crippen LogP contribution in [-0.4, -0.2) is 33.6 Å². The van der Waals surface area contributed by atoms with E-state index in [2.05, 4.69) is 9.97 Å². The van der Waals surface area contributed by atoms with Gasteiger partial charge in [-0.2, -0.15) is 0 Å². The number of benzene rings is 1. The van der Waals surface area contributed by atoms with Crippen LogP contribution in [0.2, 0.25) is 0 Å². The van der Waals surface area contributed by atoms with Crippen molar-refractivity contribution >= 4 is 39.2 Å². The average Bonchev–Trinajstić information content (AvgIpc) is 3.08. The molecule has 0 atom stereocenters. The Morgan fingerprint density at radius 2 is 2.10 bits per heavy atom. The second-order valence-electron chi connectivity index (χ2n) is 7.24. The molecule has 0 spiro atoms. The molecule has 0 saturated carbocycles. The lowest BCUT2D eigenvalue weighted by atomic mass is 9.97. The van der Waals surface area contributed by atoms with Crippen molar-refractivity contribution in [3.63, 3.8) is 0 Å². The normalized spacial score (nSPS) is 13.4. The first-order valence-corrected chi connectivity index (χ1v) is 11.6. The van der Waals surface area contributed by atoms with Gasteiger partial charge >= 0.3 is 0 Å². The minimum atomic E-state index is -0.312. The Morgan fingerprint density at radius 3 is 2.93 bits per heavy atom. The number of hydrogen-bond acceptors (Lipinski definition) is 5. The van der Waals surface area contributed by atoms with E-state index in [-0.39, 0.29) is 29.6 Å². The minimum Gasteiger partial charge on any atom is -0.341 e. The predicted molar refractivity (Wildman–Crippen MR) is 116 cm³/mol. The van der Waals surface area contributed by atoms with Gasteiger partial charge in [0.05, 0.1) is 16.9 Å². The topological polar surface area (TPSA) is 66.1 Å². The molecule has 1 amide bonds. The molecule has 152 valence electrons. The second kappa shape index (κ2) is 8.67. The molecule has 1 N–H and O–H groups in total. The fourth-order valence-corrected chi connectivity index (χ4v) is 5.70. The lowest BCUT2D eigenvalue weighted by Crippen LogP contribution is -2.28. The number of carbonyl (C=O) groups excluding carboxylic acids is 1. The lowest BCUT2D eigenvalue weighted by molar-refractivity contribution is -0.127. The number of halogens is 1. The SMILES string of the molecule is CN(Cc1ccccc1F)C(=O)CSCc1nc2sc3c(c2c(=O)[nH]1)CCCC3. The summed E-state index contributed by atoms with van der Waals surface area (Å²) in [6, 6.07) is 6.46. The second-order valence-corrected chi connectivity index (χ2v) is 9.31. The Kier molecular flexibility index (Phi) is 6.01. The molecular formula is C21H22FN3O2S2. The van der Waals surface area contributed by atoms with Crippen molar-refractivity contribution in [3.05, 3.63) is 62.3 Å². The van der Waals surface area contributed by atoms with Gasteiger partial charge in [-0.05, 0) is 37.3 Å². The van der Waals surface area contributed by atoms with E-state index in [1.807, 2.05) is 0 Å². The number of nitrogens with one attached hydrogen (secondary N) is 1. The Morgan fingerprint density at radius 1 is 1.31 bits per heavy atom. The molecule has 2 aromatic heterocycles. The van der Waals surface area contributed by atoms with Gasteiger partial charge in [0, 0.05) is 24.0 Å². The van der Waals surface area contributed by atoms with Crippen LogP contribution in [0.15, 0.2) is 29.1 Å². The summed E-state index contributed by atoms with van der Waals surface area (Å²) in [5, 5.41) is 0.749. The van der Waals surface area contributed by atoms with Gasteiger partial charge in [0.2, 0.25) is 5.91 Å². The van der Waals surface area contributed by atoms with Crippen molar-refractivity contribution in [3.8, 4) is 0 Å². The standard InChI is InChI=1S/C21H22FN3O2S2/c1-25(10-13-6-2-4-8-15(13)22)18(26)12-28-11-17-23-20(27)19-14-7-3-5-9-16(14)29-21(19)24-17/h2,4,6,8H,3,5,7,9-12H2,1H3,(H,23,24,27). The molecule has 3 aromatic rings. The lowest BCUT2D eigenvalue weighted by Gasteiger charge is -2.17. The molecule has 2 heterocycles. The molecule has 0 aliphatic heterocycles. The Bertz CT molecular complexity index is 1110. The highest BCUT2D eigenvalue weighted by atomic mass is 32.2. The first-order chi connectivity index (χ1) is 14.0. The number of hydrogen-bond donors (Lipinski definition) is 1. The average molecular weight is 432 g/mol. The quantitative estimate of drug-likeness (QED) is 0.643. The molecule has 5 nitrogen and oxygen atoms in total. The van der Waals surface area contributed by atoms with Crippen LogP contribution in [-0.2, 0) is 29.9 Å². The molecule has 1 aliphatic carbocycles. The molecule has 1 aromatic carbocycles. The van der Waals surface area contributed by atoms with Crippen LogP contribution in [0.4, 0.5) is 4.39 Å². The van der Waals surface area contributed by atoms with Gasteiger partial charge in [0.25, 0.3) is 5.56 Å². The first-order valence-electron chi connectivity index (χ1n) is 9.61. The van der Waals surface area contributed by atoms with E-state index in [9.17, 15) is 14.0 Å². The van der Waals surface area contributed by atoms with E-state index in [0.717, 1.165) is 29.5 Å². The summed E-state index contributed by atoms with van der Waals surface area (Å²) in [4.78, 5) is 36.0. The maximum atomic E-state index is 13.8. The van der Waals surface area contributed by atoms with Crippen molar-refractivity contribution in [1.82, 2.24) is 14.9 Å². The third-order valence-electron chi connectivity index (χ3n) is 5.13. The number of nitrogens with zero attached hydrogens (tertiary/aromatic N) is 2. The highest BCUT2D eigenvalue weighted by Gasteiger charge is 2.20. The Labute approximate surface area is 176 Å². The summed E-state index contributed by atoms with van der Waals surface area (Å²) in [5.74, 6) is 0.887. The number of amides is 1. The van der Waals surface area contributed by atoms with Crippen molar-refractivity contribution in [1.29, 1.82) is 0 Å². The van der Waals surface area contributed by atoms with Crippen LogP contribution in [0.25, 0.3) is 10.2 Å². The number of H-pyrrole nitrogens is 1. The number of thioether (sulfide) groups is 1. The molecule has 0 saturated heterocycles. The zero-order chi connectivity index (χ0) is 20.4. The first kappa shape index (κ1) is 20.1. The Balaban J connectivity index is 1.38. The van der Waals surface area contributed by atoms with E-state index in [1.54, 1.807) is 36.6 Å². The predicted octanol–water partition coefficient (Wildman–Crippen LogP) is 3.89. The van der Waals surface area contributed by atoms with Crippen LogP contribution in [0, 0.1) is 5.82 Å². The zero-order valence-corrected chi connectivity index (χ0v) is 17.8. The minimum absolute atomic E-state index is 0.0759. The highest BCUT2D eigenvalue weighted by molar-refractivity contribution is 7.99. The summed E-state index contributed by atoms with van der Waals surface area (Å²) in [6.45, 7) is 0.230. The molecule has 8 heteroatoms. The van der Waals surface area contributed by atoms with Crippen LogP contribution in [0.5, 0.6) is 0 Å². The van der Waals surface area contributed by atoms with Gasteiger partial charge in [-0.1, -0.05) is 18.2 Å². The van der Waals surface area contributed by atoms with Crippen LogP contribution < -0.4 is 5.56 Å². The van der Waals surface area contributed by atoms with Crippen LogP contribution in [0.1, 0.15) is 34.7 Å². The molecule has 1 aliphatic rings. The summed E-state index contributed by atoms with van der Waals surface area (Å²) in [5.41, 5.74) is 1.59. The summed E-state index contributed by atoms with van der Waals surface area (Å²) in [6.07, 6.45) is 4.28.